The fourth-order valence-electron chi connectivity index (χ4n) is 8.94. The molecule has 4 saturated heterocycles. The molecule has 4 aliphatic rings. The van der Waals surface area contributed by atoms with Gasteiger partial charge in [-0.15, -0.1) is 0 Å². The molecule has 24 heteroatoms. The molecule has 0 saturated carbocycles. The van der Waals surface area contributed by atoms with Gasteiger partial charge >= 0.3 is 47.8 Å². The van der Waals surface area contributed by atoms with Gasteiger partial charge in [0.1, 0.15) is 96.8 Å². The third-order valence-corrected chi connectivity index (χ3v) is 14.7. The van der Waals surface area contributed by atoms with Crippen molar-refractivity contribution in [1.82, 2.24) is 0 Å². The number of ether oxygens (including phenoxy) is 16. The number of carbonyl (C=O) groups is 8. The van der Waals surface area contributed by atoms with E-state index in [1.807, 2.05) is 0 Å². The van der Waals surface area contributed by atoms with Crippen LogP contribution in [-0.4, -0.2) is 125 Å². The fourth-order valence-corrected chi connectivity index (χ4v) is 8.94. The molecule has 0 amide bonds. The van der Waals surface area contributed by atoms with Crippen molar-refractivity contribution in [3.05, 3.63) is 251 Å². The first-order valence-corrected chi connectivity index (χ1v) is 30.5. The molecule has 9 aromatic rings. The van der Waals surface area contributed by atoms with Gasteiger partial charge in [-0.05, 0) is 194 Å². The van der Waals surface area contributed by atoms with Crippen LogP contribution in [0.15, 0.2) is 206 Å². The van der Waals surface area contributed by atoms with E-state index in [0.717, 1.165) is 12.1 Å². The van der Waals surface area contributed by atoms with Gasteiger partial charge in [-0.1, -0.05) is 0 Å². The largest absolute Gasteiger partial charge is 0.491 e. The number of epoxide rings is 4. The van der Waals surface area contributed by atoms with E-state index in [-0.39, 0.29) is 91.9 Å². The maximum atomic E-state index is 14.2. The summed E-state index contributed by atoms with van der Waals surface area (Å²) >= 11 is 0. The van der Waals surface area contributed by atoms with Crippen LogP contribution in [0.1, 0.15) is 82.9 Å². The van der Waals surface area contributed by atoms with E-state index < -0.39 is 70.8 Å². The van der Waals surface area contributed by atoms with E-state index in [1.54, 1.807) is 48.5 Å². The summed E-state index contributed by atoms with van der Waals surface area (Å²) in [6.45, 7) is 3.97. The summed E-state index contributed by atoms with van der Waals surface area (Å²) in [5, 5.41) is 0. The van der Waals surface area contributed by atoms with E-state index in [2.05, 4.69) is 0 Å². The molecular formula is C74H54O24. The van der Waals surface area contributed by atoms with Crippen molar-refractivity contribution in [2.75, 3.05) is 52.9 Å². The van der Waals surface area contributed by atoms with Crippen molar-refractivity contribution in [3.63, 3.8) is 0 Å². The Morgan fingerprint density at radius 1 is 0.224 bits per heavy atom. The van der Waals surface area contributed by atoms with Crippen LogP contribution in [-0.2, 0) is 18.9 Å². The Morgan fingerprint density at radius 2 is 0.367 bits per heavy atom. The van der Waals surface area contributed by atoms with Gasteiger partial charge < -0.3 is 75.8 Å². The number of hydrogen-bond acceptors (Lipinski definition) is 24. The Kier molecular flexibility index (Phi) is 19.5. The highest BCUT2D eigenvalue weighted by Gasteiger charge is 2.29. The number of carbonyl (C=O) groups excluding carboxylic acids is 8. The second-order valence-electron chi connectivity index (χ2n) is 22.1. The summed E-state index contributed by atoms with van der Waals surface area (Å²) in [5.74, 6) is -6.99. The quantitative estimate of drug-likeness (QED) is 0.0250. The summed E-state index contributed by atoms with van der Waals surface area (Å²) in [6, 6.07) is 48.1. The first-order chi connectivity index (χ1) is 47.7. The molecule has 13 rings (SSSR count). The van der Waals surface area contributed by atoms with E-state index in [1.165, 1.54) is 146 Å². The molecule has 4 atom stereocenters. The van der Waals surface area contributed by atoms with Gasteiger partial charge in [0.25, 0.3) is 0 Å². The molecule has 4 aliphatic heterocycles. The Balaban J connectivity index is 0.755. The first-order valence-electron chi connectivity index (χ1n) is 30.5. The van der Waals surface area contributed by atoms with Gasteiger partial charge in [-0.25, -0.2) is 38.4 Å². The van der Waals surface area contributed by atoms with Crippen LogP contribution in [0.5, 0.6) is 69.0 Å². The molecule has 0 bridgehead atoms. The normalized spacial score (nSPS) is 15.9. The number of hydrogen-bond donors (Lipinski definition) is 0. The molecule has 0 radical (unpaired) electrons. The lowest BCUT2D eigenvalue weighted by Crippen LogP contribution is -2.16. The zero-order valence-electron chi connectivity index (χ0n) is 51.4. The summed E-state index contributed by atoms with van der Waals surface area (Å²) in [5.41, 5.74) is 0.392. The van der Waals surface area contributed by atoms with Crippen molar-refractivity contribution in [3.8, 4) is 69.0 Å². The van der Waals surface area contributed by atoms with Crippen molar-refractivity contribution >= 4 is 47.8 Å². The highest BCUT2D eigenvalue weighted by molar-refractivity contribution is 5.98. The van der Waals surface area contributed by atoms with E-state index >= 15 is 0 Å². The zero-order chi connectivity index (χ0) is 67.5. The molecular weight excluding hydrogens is 1270 g/mol. The molecule has 9 aromatic carbocycles. The third-order valence-electron chi connectivity index (χ3n) is 14.7. The van der Waals surface area contributed by atoms with Crippen LogP contribution < -0.4 is 56.8 Å². The number of rotatable bonds is 28. The third kappa shape index (κ3) is 17.8. The maximum absolute atomic E-state index is 14.2. The summed E-state index contributed by atoms with van der Waals surface area (Å²) in [4.78, 5) is 109. The van der Waals surface area contributed by atoms with Crippen LogP contribution in [0.3, 0.4) is 0 Å². The van der Waals surface area contributed by atoms with Gasteiger partial charge in [-0.2, -0.15) is 0 Å². The smallest absolute Gasteiger partial charge is 0.343 e. The average molecular weight is 1330 g/mol. The molecule has 0 aromatic heterocycles. The number of esters is 8. The monoisotopic (exact) mass is 1330 g/mol. The van der Waals surface area contributed by atoms with Crippen molar-refractivity contribution in [2.24, 2.45) is 0 Å². The lowest BCUT2D eigenvalue weighted by atomic mass is 10.2. The van der Waals surface area contributed by atoms with E-state index in [4.69, 9.17) is 75.8 Å². The second-order valence-corrected chi connectivity index (χ2v) is 22.1. The van der Waals surface area contributed by atoms with Crippen LogP contribution in [0.25, 0.3) is 0 Å². The Labute approximate surface area is 556 Å². The van der Waals surface area contributed by atoms with Crippen molar-refractivity contribution in [2.45, 2.75) is 24.4 Å². The SMILES string of the molecule is O=C(Oc1ccc(C(=O)Oc2cc(OC(=O)c3ccc(OC(=O)c4ccc(OCC5CO5)cc4)cc3)c(OC(=O)c3ccc(OC(=O)c4ccc(OCC5CO5)cc4)cc3)cc2OC(=O)c2ccc(OC(=O)c3ccc(OCC4CO4)cc3)cc2)cc1)c1ccc(OCC2CO2)cc1. The summed E-state index contributed by atoms with van der Waals surface area (Å²) < 4.78 is 89.1. The molecule has 24 nitrogen and oxygen atoms in total. The molecule has 4 fully saturated rings. The predicted octanol–water partition coefficient (Wildman–Crippen LogP) is 10.6. The van der Waals surface area contributed by atoms with Crippen molar-refractivity contribution in [1.29, 1.82) is 0 Å². The highest BCUT2D eigenvalue weighted by atomic mass is 16.6. The minimum atomic E-state index is -1.07. The van der Waals surface area contributed by atoms with Crippen molar-refractivity contribution < 1.29 is 114 Å². The molecule has 0 aliphatic carbocycles. The maximum Gasteiger partial charge on any atom is 0.343 e. The molecule has 0 spiro atoms. The first kappa shape index (κ1) is 64.5. The number of benzene rings is 9. The fraction of sp³-hybridized carbons (Fsp3) is 0.162. The molecule has 494 valence electrons. The molecule has 0 N–H and O–H groups in total. The lowest BCUT2D eigenvalue weighted by Gasteiger charge is -2.16. The Hall–Kier alpha value is -12.2. The minimum Gasteiger partial charge on any atom is -0.491 e. The predicted molar refractivity (Wildman–Crippen MR) is 339 cm³/mol. The van der Waals surface area contributed by atoms with Gasteiger partial charge in [0, 0.05) is 12.1 Å². The van der Waals surface area contributed by atoms with Crippen LogP contribution in [0.2, 0.25) is 0 Å². The lowest BCUT2D eigenvalue weighted by molar-refractivity contribution is 0.0662. The minimum absolute atomic E-state index is 0.0365. The van der Waals surface area contributed by atoms with Gasteiger partial charge in [0.15, 0.2) is 23.0 Å². The second kappa shape index (κ2) is 29.6. The molecule has 98 heavy (non-hydrogen) atoms. The standard InChI is InChI=1S/C74H54O24/c75-67(43-1-17-51(18-2-43)83-35-59-39-87-59)91-55-25-9-47(10-26-55)71(79)95-63-33-65(97-73(81)49-13-29-57(30-14-49)93-69(77)45-5-21-53(22-6-45)85-37-61-41-89-61)66(98-74(82)50-15-31-58(32-16-50)94-70(78)46-7-23-54(24-8-46)86-38-62-42-90-62)34-64(63)96-72(80)48-11-27-56(28-12-48)92-68(76)44-3-19-52(20-4-44)84-36-60-40-88-60/h1-34,59-62H,35-42H2. The summed E-state index contributed by atoms with van der Waals surface area (Å²) in [7, 11) is 0. The average Bonchev–Trinajstić information content (AvgIpc) is 1.58. The molecule has 4 unspecified atom stereocenters. The van der Waals surface area contributed by atoms with Crippen LogP contribution in [0, 0.1) is 0 Å². The van der Waals surface area contributed by atoms with Crippen LogP contribution in [0.4, 0.5) is 0 Å². The Morgan fingerprint density at radius 3 is 0.520 bits per heavy atom. The van der Waals surface area contributed by atoms with Crippen LogP contribution >= 0.6 is 0 Å². The summed E-state index contributed by atoms with van der Waals surface area (Å²) in [6.07, 6.45) is 0.146. The van der Waals surface area contributed by atoms with Gasteiger partial charge in [-0.3, -0.25) is 0 Å². The Bertz CT molecular complexity index is 3840. The molecule has 4 heterocycles. The van der Waals surface area contributed by atoms with Gasteiger partial charge in [0.2, 0.25) is 0 Å². The van der Waals surface area contributed by atoms with E-state index in [9.17, 15) is 38.4 Å². The van der Waals surface area contributed by atoms with Gasteiger partial charge in [0.05, 0.1) is 70.9 Å². The van der Waals surface area contributed by atoms with E-state index in [0.29, 0.717) is 75.9 Å². The highest BCUT2D eigenvalue weighted by Crippen LogP contribution is 2.42. The zero-order valence-corrected chi connectivity index (χ0v) is 51.4. The topological polar surface area (TPSA) is 297 Å².